The van der Waals surface area contributed by atoms with Crippen LogP contribution in [0.25, 0.3) is 0 Å². The van der Waals surface area contributed by atoms with Crippen molar-refractivity contribution in [2.24, 2.45) is 52.3 Å². The highest BCUT2D eigenvalue weighted by molar-refractivity contribution is 5.72. The predicted octanol–water partition coefficient (Wildman–Crippen LogP) is 6.00. The van der Waals surface area contributed by atoms with Gasteiger partial charge in [0.2, 0.25) is 0 Å². The summed E-state index contributed by atoms with van der Waals surface area (Å²) in [5.41, 5.74) is 1.99. The molecule has 0 bridgehead atoms. The van der Waals surface area contributed by atoms with Crippen LogP contribution in [0.15, 0.2) is 23.8 Å². The van der Waals surface area contributed by atoms with E-state index in [4.69, 9.17) is 18.9 Å². The fourth-order valence-corrected chi connectivity index (χ4v) is 12.6. The number of aliphatic carboxylic acids is 3. The first-order valence-corrected chi connectivity index (χ1v) is 24.9. The Kier molecular flexibility index (Phi) is 20.3. The number of esters is 1. The molecule has 1 saturated heterocycles. The van der Waals surface area contributed by atoms with Crippen molar-refractivity contribution in [2.45, 2.75) is 105 Å². The monoisotopic (exact) mass is 931 g/mol. The van der Waals surface area contributed by atoms with Crippen LogP contribution in [-0.2, 0) is 38.1 Å². The Morgan fingerprint density at radius 2 is 1.24 bits per heavy atom. The summed E-state index contributed by atoms with van der Waals surface area (Å²) in [5, 5.41) is 28.3. The maximum absolute atomic E-state index is 12.9. The average molecular weight is 931 g/mol. The second-order valence-corrected chi connectivity index (χ2v) is 20.7. The molecule has 0 spiro atoms. The number of carbonyl (C=O) groups excluding carboxylic acids is 2. The molecule has 66 heavy (non-hydrogen) atoms. The van der Waals surface area contributed by atoms with Crippen molar-refractivity contribution in [1.82, 2.24) is 19.6 Å². The Labute approximate surface area is 393 Å². The average Bonchev–Trinajstić information content (AvgIpc) is 3.61. The van der Waals surface area contributed by atoms with E-state index in [1.54, 1.807) is 19.6 Å². The molecule has 3 N–H and O–H groups in total. The Hall–Kier alpha value is -3.57. The number of hydrogen-bond donors (Lipinski definition) is 3. The zero-order chi connectivity index (χ0) is 48.0. The Balaban J connectivity index is 1.01. The van der Waals surface area contributed by atoms with Crippen LogP contribution in [0, 0.1) is 52.3 Å². The molecule has 5 unspecified atom stereocenters. The highest BCUT2D eigenvalue weighted by Crippen LogP contribution is 2.67. The third-order valence-corrected chi connectivity index (χ3v) is 16.3. The smallest absolute Gasteiger partial charge is 0.480 e. The van der Waals surface area contributed by atoms with E-state index in [0.29, 0.717) is 55.3 Å². The Bertz CT molecular complexity index is 1660. The minimum absolute atomic E-state index is 0.00231. The van der Waals surface area contributed by atoms with Gasteiger partial charge in [0.25, 0.3) is 0 Å². The third kappa shape index (κ3) is 15.0. The number of hydrogen-bond acceptors (Lipinski definition) is 13. The van der Waals surface area contributed by atoms with Crippen molar-refractivity contribution in [1.29, 1.82) is 0 Å². The Morgan fingerprint density at radius 3 is 1.77 bits per heavy atom. The first-order chi connectivity index (χ1) is 31.4. The van der Waals surface area contributed by atoms with Crippen molar-refractivity contribution < 1.29 is 58.2 Å². The van der Waals surface area contributed by atoms with Crippen molar-refractivity contribution in [2.75, 3.05) is 105 Å². The van der Waals surface area contributed by atoms with Gasteiger partial charge < -0.3 is 34.3 Å². The number of nitrogens with zero attached hydrogens (tertiary/aromatic N) is 4. The van der Waals surface area contributed by atoms with Crippen LogP contribution in [-0.4, -0.2) is 176 Å². The van der Waals surface area contributed by atoms with E-state index in [0.717, 1.165) is 43.4 Å². The largest absolute Gasteiger partial charge is 0.508 e. The third-order valence-electron chi connectivity index (χ3n) is 16.3. The Morgan fingerprint density at radius 1 is 0.697 bits per heavy atom. The summed E-state index contributed by atoms with van der Waals surface area (Å²) in [5.74, 6) is 1.23. The van der Waals surface area contributed by atoms with Crippen molar-refractivity contribution in [3.8, 4) is 0 Å². The molecule has 5 aliphatic rings. The number of ether oxygens (including phenoxy) is 4. The lowest BCUT2D eigenvalue weighted by Crippen LogP contribution is -2.51. The van der Waals surface area contributed by atoms with Gasteiger partial charge in [-0.3, -0.25) is 38.8 Å². The molecule has 0 aromatic heterocycles. The molecular formula is C50H82N4O12. The summed E-state index contributed by atoms with van der Waals surface area (Å²) in [6, 6.07) is 0. The van der Waals surface area contributed by atoms with E-state index >= 15 is 0 Å². The van der Waals surface area contributed by atoms with Crippen molar-refractivity contribution in [3.63, 3.8) is 0 Å². The molecule has 3 saturated carbocycles. The van der Waals surface area contributed by atoms with Crippen LogP contribution in [0.3, 0.4) is 0 Å². The van der Waals surface area contributed by atoms with Gasteiger partial charge in [-0.2, -0.15) is 0 Å². The maximum Gasteiger partial charge on any atom is 0.508 e. The van der Waals surface area contributed by atoms with Gasteiger partial charge in [0.05, 0.1) is 39.4 Å². The number of fused-ring (bicyclic) bond motifs is 5. The van der Waals surface area contributed by atoms with Crippen LogP contribution in [0.5, 0.6) is 0 Å². The minimum atomic E-state index is -1.03. The second-order valence-electron chi connectivity index (χ2n) is 20.7. The van der Waals surface area contributed by atoms with Gasteiger partial charge in [0, 0.05) is 58.8 Å². The van der Waals surface area contributed by atoms with E-state index in [-0.39, 0.29) is 90.3 Å². The summed E-state index contributed by atoms with van der Waals surface area (Å²) in [4.78, 5) is 67.0. The number of carboxylic acid groups (broad SMARTS) is 3. The highest BCUT2D eigenvalue weighted by atomic mass is 16.7. The molecule has 5 rings (SSSR count). The molecule has 9 atom stereocenters. The molecule has 16 heteroatoms. The molecule has 0 amide bonds. The lowest BCUT2D eigenvalue weighted by molar-refractivity contribution is -0.147. The standard InChI is InChI=1S/C50H82N4O12/c1-7-37(35(2)3)9-8-36(4)41-12-13-42-40-11-10-38-30-39(14-16-49(38,5)43(40)15-17-50(41,42)6)66-48(62)65-29-27-63-26-28-64-47(61)34-54-24-22-52(32-45(57)58)20-18-51(31-44(55)56)19-21-53(23-25-54)33-46(59)60/h8-10,35-37,39-43H,7,11-34H2,1-6H3,(H,55,56)(H,57,58)(H,59,60)/b9-8+/t36-,37?,39+,40?,41?,42?,43?,49+,50-/m1/s1. The van der Waals surface area contributed by atoms with E-state index in [1.807, 2.05) is 0 Å². The van der Waals surface area contributed by atoms with E-state index in [1.165, 1.54) is 37.7 Å². The molecule has 1 heterocycles. The van der Waals surface area contributed by atoms with Crippen LogP contribution in [0.1, 0.15) is 99.3 Å². The normalized spacial score (nSPS) is 30.5. The number of carbonyl (C=O) groups is 5. The van der Waals surface area contributed by atoms with Gasteiger partial charge in [0.1, 0.15) is 19.3 Å². The summed E-state index contributed by atoms with van der Waals surface area (Å²) in [6.45, 7) is 16.2. The summed E-state index contributed by atoms with van der Waals surface area (Å²) in [6.07, 6.45) is 16.8. The van der Waals surface area contributed by atoms with E-state index in [2.05, 4.69) is 59.8 Å². The SMILES string of the molecule is CCC(/C=C/[C@@H](C)C1CCC2C3CC=C4C[C@@H](OC(=O)OCCOCCOC(=O)CN5CCN(CC(=O)O)CCN(CC(=O)O)CCN(CC(=O)O)CC5)CC[C@]4(C)C3CC[C@@]21C)C(C)C. The lowest BCUT2D eigenvalue weighted by atomic mass is 9.47. The molecule has 374 valence electrons. The van der Waals surface area contributed by atoms with E-state index in [9.17, 15) is 39.3 Å². The van der Waals surface area contributed by atoms with Crippen LogP contribution in [0.2, 0.25) is 0 Å². The second kappa shape index (κ2) is 25.2. The summed E-state index contributed by atoms with van der Waals surface area (Å²) >= 11 is 0. The first-order valence-electron chi connectivity index (χ1n) is 24.9. The maximum atomic E-state index is 12.9. The molecule has 0 aromatic carbocycles. The molecule has 4 aliphatic carbocycles. The van der Waals surface area contributed by atoms with Gasteiger partial charge in [0.15, 0.2) is 0 Å². The minimum Gasteiger partial charge on any atom is -0.480 e. The molecule has 0 aromatic rings. The fourth-order valence-electron chi connectivity index (χ4n) is 12.6. The lowest BCUT2D eigenvalue weighted by Gasteiger charge is -2.58. The topological polar surface area (TPSA) is 196 Å². The zero-order valence-corrected chi connectivity index (χ0v) is 40.8. The van der Waals surface area contributed by atoms with E-state index < -0.39 is 30.0 Å². The molecule has 1 aliphatic heterocycles. The summed E-state index contributed by atoms with van der Waals surface area (Å²) < 4.78 is 22.2. The van der Waals surface area contributed by atoms with Gasteiger partial charge in [-0.25, -0.2) is 4.79 Å². The number of rotatable bonds is 20. The predicted molar refractivity (Wildman–Crippen MR) is 249 cm³/mol. The highest BCUT2D eigenvalue weighted by Gasteiger charge is 2.59. The van der Waals surface area contributed by atoms with Gasteiger partial charge >= 0.3 is 30.0 Å². The summed E-state index contributed by atoms with van der Waals surface area (Å²) in [7, 11) is 0. The van der Waals surface area contributed by atoms with Crippen molar-refractivity contribution >= 4 is 30.0 Å². The number of carboxylic acids is 3. The molecule has 0 radical (unpaired) electrons. The van der Waals surface area contributed by atoms with Crippen molar-refractivity contribution in [3.05, 3.63) is 23.8 Å². The van der Waals surface area contributed by atoms with Gasteiger partial charge in [-0.1, -0.05) is 65.3 Å². The zero-order valence-electron chi connectivity index (χ0n) is 40.8. The van der Waals surface area contributed by atoms with Crippen LogP contribution >= 0.6 is 0 Å². The molecule has 16 nitrogen and oxygen atoms in total. The van der Waals surface area contributed by atoms with Crippen LogP contribution in [0.4, 0.5) is 4.79 Å². The van der Waals surface area contributed by atoms with Gasteiger partial charge in [-0.05, 0) is 104 Å². The number of allylic oxidation sites excluding steroid dienone is 3. The quantitative estimate of drug-likeness (QED) is 0.0730. The first kappa shape index (κ1) is 53.4. The fraction of sp³-hybridized carbons (Fsp3) is 0.820. The molecular weight excluding hydrogens is 849 g/mol. The van der Waals surface area contributed by atoms with Crippen LogP contribution < -0.4 is 0 Å². The molecule has 4 fully saturated rings. The van der Waals surface area contributed by atoms with Gasteiger partial charge in [-0.15, -0.1) is 0 Å².